The van der Waals surface area contributed by atoms with Gasteiger partial charge in [-0.05, 0) is 36.7 Å². The van der Waals surface area contributed by atoms with Gasteiger partial charge in [-0.1, -0.05) is 54.2 Å². The van der Waals surface area contributed by atoms with Crippen LogP contribution in [0.1, 0.15) is 11.1 Å². The van der Waals surface area contributed by atoms with Crippen molar-refractivity contribution in [1.82, 2.24) is 10.2 Å². The molecule has 0 saturated carbocycles. The maximum Gasteiger partial charge on any atom is 0.286 e. The molecule has 6 heteroatoms. The van der Waals surface area contributed by atoms with Crippen molar-refractivity contribution in [2.24, 2.45) is 0 Å². The van der Waals surface area contributed by atoms with Gasteiger partial charge < -0.3 is 4.74 Å². The zero-order valence-electron chi connectivity index (χ0n) is 14.7. The van der Waals surface area contributed by atoms with Crippen LogP contribution < -0.4 is 10.1 Å². The normalized spacial score (nSPS) is 16.8. The van der Waals surface area contributed by atoms with Gasteiger partial charge in [-0.3, -0.25) is 19.8 Å². The van der Waals surface area contributed by atoms with Crippen molar-refractivity contribution in [2.75, 3.05) is 20.2 Å². The molecule has 1 atom stereocenters. The lowest BCUT2D eigenvalue weighted by Gasteiger charge is -2.17. The molecule has 2 amide bonds. The van der Waals surface area contributed by atoms with E-state index in [2.05, 4.69) is 29.4 Å². The minimum Gasteiger partial charge on any atom is -0.492 e. The Kier molecular flexibility index (Phi) is 6.30. The molecule has 0 aromatic heterocycles. The molecule has 5 nitrogen and oxygen atoms in total. The first-order valence-corrected chi connectivity index (χ1v) is 9.44. The molecular formula is C20H22N2O3S. The van der Waals surface area contributed by atoms with Crippen LogP contribution in [0.4, 0.5) is 4.79 Å². The molecular weight excluding hydrogens is 348 g/mol. The zero-order chi connectivity index (χ0) is 18.4. The molecule has 1 fully saturated rings. The zero-order valence-corrected chi connectivity index (χ0v) is 15.5. The lowest BCUT2D eigenvalue weighted by Crippen LogP contribution is -2.25. The second kappa shape index (κ2) is 8.87. The molecule has 3 rings (SSSR count). The molecule has 0 spiro atoms. The highest BCUT2D eigenvalue weighted by molar-refractivity contribution is 8.15. The van der Waals surface area contributed by atoms with Crippen LogP contribution in [0.15, 0.2) is 54.6 Å². The summed E-state index contributed by atoms with van der Waals surface area (Å²) in [4.78, 5) is 25.0. The minimum atomic E-state index is -0.332. The first kappa shape index (κ1) is 18.5. The van der Waals surface area contributed by atoms with Crippen molar-refractivity contribution in [3.8, 4) is 5.75 Å². The van der Waals surface area contributed by atoms with Gasteiger partial charge in [0.15, 0.2) is 0 Å². The predicted octanol–water partition coefficient (Wildman–Crippen LogP) is 3.09. The number of carbonyl (C=O) groups excluding carboxylic acids is 2. The summed E-state index contributed by atoms with van der Waals surface area (Å²) in [6, 6.07) is 18.1. The lowest BCUT2D eigenvalue weighted by atomic mass is 10.1. The Hall–Kier alpha value is -2.31. The molecule has 0 radical (unpaired) electrons. The first-order chi connectivity index (χ1) is 12.6. The lowest BCUT2D eigenvalue weighted by molar-refractivity contribution is -0.118. The fourth-order valence-electron chi connectivity index (χ4n) is 2.76. The van der Waals surface area contributed by atoms with E-state index in [9.17, 15) is 9.59 Å². The topological polar surface area (TPSA) is 58.6 Å². The van der Waals surface area contributed by atoms with E-state index >= 15 is 0 Å². The quantitative estimate of drug-likeness (QED) is 0.774. The van der Waals surface area contributed by atoms with Crippen LogP contribution in [0.2, 0.25) is 0 Å². The summed E-state index contributed by atoms with van der Waals surface area (Å²) in [6.45, 7) is 2.33. The van der Waals surface area contributed by atoms with Crippen molar-refractivity contribution in [3.05, 3.63) is 65.7 Å². The highest BCUT2D eigenvalue weighted by Gasteiger charge is 2.31. The fraction of sp³-hybridized carbons (Fsp3) is 0.300. The molecule has 1 aliphatic heterocycles. The van der Waals surface area contributed by atoms with E-state index in [-0.39, 0.29) is 16.4 Å². The van der Waals surface area contributed by atoms with E-state index in [0.29, 0.717) is 13.0 Å². The van der Waals surface area contributed by atoms with Gasteiger partial charge in [0, 0.05) is 13.1 Å². The van der Waals surface area contributed by atoms with Gasteiger partial charge in [0.2, 0.25) is 5.91 Å². The maximum atomic E-state index is 11.6. The number of ether oxygens (including phenoxy) is 1. The second-order valence-electron chi connectivity index (χ2n) is 6.30. The number of amides is 2. The molecule has 1 aliphatic rings. The molecule has 2 aromatic rings. The number of rotatable bonds is 8. The number of hydrogen-bond acceptors (Lipinski definition) is 5. The SMILES string of the molecule is CN(CCOc1ccc(CC2SC(=O)NC2=O)cc1)Cc1ccccc1. The molecule has 1 saturated heterocycles. The Labute approximate surface area is 157 Å². The first-order valence-electron chi connectivity index (χ1n) is 8.56. The van der Waals surface area contributed by atoms with E-state index < -0.39 is 0 Å². The smallest absolute Gasteiger partial charge is 0.286 e. The number of imide groups is 1. The Morgan fingerprint density at radius 1 is 1.04 bits per heavy atom. The van der Waals surface area contributed by atoms with Gasteiger partial charge >= 0.3 is 0 Å². The van der Waals surface area contributed by atoms with Gasteiger partial charge in [-0.15, -0.1) is 0 Å². The van der Waals surface area contributed by atoms with E-state index in [1.54, 1.807) is 0 Å². The van der Waals surface area contributed by atoms with Gasteiger partial charge in [0.1, 0.15) is 12.4 Å². The largest absolute Gasteiger partial charge is 0.492 e. The number of benzene rings is 2. The highest BCUT2D eigenvalue weighted by Crippen LogP contribution is 2.23. The molecule has 0 aliphatic carbocycles. The van der Waals surface area contributed by atoms with Crippen LogP contribution in [0.25, 0.3) is 0 Å². The van der Waals surface area contributed by atoms with E-state index in [1.807, 2.05) is 42.5 Å². The van der Waals surface area contributed by atoms with Crippen LogP contribution in [-0.4, -0.2) is 41.5 Å². The summed E-state index contributed by atoms with van der Waals surface area (Å²) in [5.74, 6) is 0.600. The monoisotopic (exact) mass is 370 g/mol. The summed E-state index contributed by atoms with van der Waals surface area (Å²) in [6.07, 6.45) is 0.544. The van der Waals surface area contributed by atoms with E-state index in [4.69, 9.17) is 4.74 Å². The van der Waals surface area contributed by atoms with E-state index in [0.717, 1.165) is 36.2 Å². The highest BCUT2D eigenvalue weighted by atomic mass is 32.2. The minimum absolute atomic E-state index is 0.207. The number of nitrogens with zero attached hydrogens (tertiary/aromatic N) is 1. The molecule has 1 unspecified atom stereocenters. The second-order valence-corrected chi connectivity index (χ2v) is 7.48. The third kappa shape index (κ3) is 5.34. The van der Waals surface area contributed by atoms with Crippen LogP contribution in [0.3, 0.4) is 0 Å². The van der Waals surface area contributed by atoms with Crippen molar-refractivity contribution in [3.63, 3.8) is 0 Å². The van der Waals surface area contributed by atoms with Gasteiger partial charge in [0.05, 0.1) is 5.25 Å². The third-order valence-electron chi connectivity index (χ3n) is 4.15. The summed E-state index contributed by atoms with van der Waals surface area (Å²) in [5.41, 5.74) is 2.30. The van der Waals surface area contributed by atoms with Crippen molar-refractivity contribution in [1.29, 1.82) is 0 Å². The Morgan fingerprint density at radius 2 is 1.77 bits per heavy atom. The summed E-state index contributed by atoms with van der Waals surface area (Å²) >= 11 is 1.05. The predicted molar refractivity (Wildman–Crippen MR) is 103 cm³/mol. The summed E-state index contributed by atoms with van der Waals surface area (Å²) in [5, 5.41) is 1.71. The Balaban J connectivity index is 1.41. The average molecular weight is 370 g/mol. The number of likely N-dealkylation sites (N-methyl/N-ethyl adjacent to an activating group) is 1. The molecule has 1 N–H and O–H groups in total. The third-order valence-corrected chi connectivity index (χ3v) is 5.13. The fourth-order valence-corrected chi connectivity index (χ4v) is 3.62. The van der Waals surface area contributed by atoms with Crippen LogP contribution >= 0.6 is 11.8 Å². The van der Waals surface area contributed by atoms with Crippen LogP contribution in [0, 0.1) is 0 Å². The molecule has 1 heterocycles. The van der Waals surface area contributed by atoms with Crippen molar-refractivity contribution >= 4 is 22.9 Å². The standard InChI is InChI=1S/C20H22N2O3S/c1-22(14-16-5-3-2-4-6-16)11-12-25-17-9-7-15(8-10-17)13-18-19(23)21-20(24)26-18/h2-10,18H,11-14H2,1H3,(H,21,23,24). The van der Waals surface area contributed by atoms with E-state index in [1.165, 1.54) is 5.56 Å². The van der Waals surface area contributed by atoms with Crippen LogP contribution in [0.5, 0.6) is 5.75 Å². The maximum absolute atomic E-state index is 11.6. The molecule has 0 bridgehead atoms. The van der Waals surface area contributed by atoms with Crippen molar-refractivity contribution < 1.29 is 14.3 Å². The average Bonchev–Trinajstić information content (AvgIpc) is 2.94. The molecule has 2 aromatic carbocycles. The summed E-state index contributed by atoms with van der Waals surface area (Å²) < 4.78 is 5.80. The number of hydrogen-bond donors (Lipinski definition) is 1. The Morgan fingerprint density at radius 3 is 2.42 bits per heavy atom. The number of carbonyl (C=O) groups is 2. The number of thioether (sulfide) groups is 1. The molecule has 26 heavy (non-hydrogen) atoms. The van der Waals surface area contributed by atoms with Gasteiger partial charge in [-0.25, -0.2) is 0 Å². The van der Waals surface area contributed by atoms with Crippen LogP contribution in [-0.2, 0) is 17.8 Å². The van der Waals surface area contributed by atoms with Gasteiger partial charge in [-0.2, -0.15) is 0 Å². The van der Waals surface area contributed by atoms with Crippen molar-refractivity contribution in [2.45, 2.75) is 18.2 Å². The number of nitrogens with one attached hydrogen (secondary N) is 1. The summed E-state index contributed by atoms with van der Waals surface area (Å²) in [7, 11) is 2.07. The Bertz CT molecular complexity index is 749. The molecule has 136 valence electrons. The van der Waals surface area contributed by atoms with Gasteiger partial charge in [0.25, 0.3) is 5.24 Å².